The van der Waals surface area contributed by atoms with Crippen molar-refractivity contribution in [1.29, 1.82) is 0 Å². The summed E-state index contributed by atoms with van der Waals surface area (Å²) in [6.45, 7) is 0. The van der Waals surface area contributed by atoms with Crippen molar-refractivity contribution in [2.45, 2.75) is 0 Å². The summed E-state index contributed by atoms with van der Waals surface area (Å²) >= 11 is 0. The first-order valence-corrected chi connectivity index (χ1v) is 23.0. The van der Waals surface area contributed by atoms with E-state index in [1.165, 1.54) is 22.1 Å². The Kier molecular flexibility index (Phi) is 9.43. The zero-order chi connectivity index (χ0) is 45.0. The lowest BCUT2D eigenvalue weighted by molar-refractivity contribution is 0.953. The van der Waals surface area contributed by atoms with Gasteiger partial charge in [-0.3, -0.25) is 4.57 Å². The van der Waals surface area contributed by atoms with E-state index in [4.69, 9.17) is 15.0 Å². The molecule has 0 radical (unpaired) electrons. The fourth-order valence-corrected chi connectivity index (χ4v) is 9.98. The zero-order valence-corrected chi connectivity index (χ0v) is 36.9. The Hall–Kier alpha value is -9.19. The highest BCUT2D eigenvalue weighted by molar-refractivity contribution is 6.24. The predicted molar refractivity (Wildman–Crippen MR) is 281 cm³/mol. The lowest BCUT2D eigenvalue weighted by atomic mass is 9.97. The van der Waals surface area contributed by atoms with E-state index in [0.29, 0.717) is 17.6 Å². The summed E-state index contributed by atoms with van der Waals surface area (Å²) in [6.07, 6.45) is 0. The van der Waals surface area contributed by atoms with Crippen molar-refractivity contribution in [3.8, 4) is 78.9 Å². The fraction of sp³-hybridized carbons (Fsp3) is 0. The normalized spacial score (nSPS) is 11.5. The number of benzene rings is 10. The highest BCUT2D eigenvalue weighted by Gasteiger charge is 2.25. The standard InChI is InChI=1S/C63H41N5/c1-5-18-42(19-6-1)44-32-34-45(35-33-44)48-26-17-27-50(40-48)62-64-61(47-24-11-4-12-25-47)65-63(66-62)68-57-31-16-14-29-52(57)54-38-37-53-51-28-13-15-30-56(51)67(59(53)60(54)68)58-39-36-49(43-20-7-2-8-21-43)41-55(58)46-22-9-3-10-23-46/h1-41H. The topological polar surface area (TPSA) is 48.5 Å². The minimum absolute atomic E-state index is 0.546. The molecule has 5 nitrogen and oxygen atoms in total. The highest BCUT2D eigenvalue weighted by atomic mass is 15.2. The van der Waals surface area contributed by atoms with Crippen LogP contribution in [0.2, 0.25) is 0 Å². The number of rotatable bonds is 8. The van der Waals surface area contributed by atoms with Crippen molar-refractivity contribution >= 4 is 43.6 Å². The smallest absolute Gasteiger partial charge is 0.238 e. The molecule has 0 unspecified atom stereocenters. The first kappa shape index (κ1) is 39.2. The van der Waals surface area contributed by atoms with Gasteiger partial charge in [0.15, 0.2) is 11.6 Å². The second-order valence-corrected chi connectivity index (χ2v) is 17.2. The molecule has 0 fully saturated rings. The first-order valence-electron chi connectivity index (χ1n) is 23.0. The minimum atomic E-state index is 0.546. The molecular formula is C63H41N5. The summed E-state index contributed by atoms with van der Waals surface area (Å²) in [5.74, 6) is 1.74. The van der Waals surface area contributed by atoms with E-state index >= 15 is 0 Å². The molecule has 3 heterocycles. The van der Waals surface area contributed by atoms with Gasteiger partial charge in [0, 0.05) is 38.2 Å². The number of hydrogen-bond acceptors (Lipinski definition) is 3. The van der Waals surface area contributed by atoms with Crippen molar-refractivity contribution in [3.63, 3.8) is 0 Å². The predicted octanol–water partition coefficient (Wildman–Crippen LogP) is 16.1. The molecule has 0 aliphatic rings. The van der Waals surface area contributed by atoms with Crippen molar-refractivity contribution in [2.24, 2.45) is 0 Å². The third-order valence-electron chi connectivity index (χ3n) is 13.2. The van der Waals surface area contributed by atoms with Crippen LogP contribution in [0.5, 0.6) is 0 Å². The molecule has 0 saturated heterocycles. The number of hydrogen-bond donors (Lipinski definition) is 0. The molecule has 68 heavy (non-hydrogen) atoms. The molecule has 5 heteroatoms. The highest BCUT2D eigenvalue weighted by Crippen LogP contribution is 2.44. The molecule has 3 aromatic heterocycles. The molecule has 13 aromatic rings. The van der Waals surface area contributed by atoms with Gasteiger partial charge >= 0.3 is 0 Å². The summed E-state index contributed by atoms with van der Waals surface area (Å²) < 4.78 is 4.74. The van der Waals surface area contributed by atoms with Gasteiger partial charge in [-0.1, -0.05) is 218 Å². The van der Waals surface area contributed by atoms with Crippen LogP contribution in [0.4, 0.5) is 0 Å². The molecule has 0 aliphatic heterocycles. The Morgan fingerprint density at radius 2 is 0.662 bits per heavy atom. The van der Waals surface area contributed by atoms with E-state index in [-0.39, 0.29) is 0 Å². The SMILES string of the molecule is c1ccc(-c2ccc(-c3cccc(-c4nc(-c5ccccc5)nc(-n5c6ccccc6c6ccc7c8ccccc8n(-c8ccc(-c9ccccc9)cc8-c8ccccc8)c7c65)n4)c3)cc2)cc1. The lowest BCUT2D eigenvalue weighted by Gasteiger charge is -2.17. The lowest BCUT2D eigenvalue weighted by Crippen LogP contribution is -2.07. The fourth-order valence-electron chi connectivity index (χ4n) is 9.98. The molecule has 0 aliphatic carbocycles. The van der Waals surface area contributed by atoms with Crippen molar-refractivity contribution in [1.82, 2.24) is 24.1 Å². The summed E-state index contributed by atoms with van der Waals surface area (Å²) in [4.78, 5) is 16.1. The van der Waals surface area contributed by atoms with Crippen LogP contribution in [0.25, 0.3) is 123 Å². The molecule has 0 saturated carbocycles. The number of nitrogens with zero attached hydrogens (tertiary/aromatic N) is 5. The van der Waals surface area contributed by atoms with Crippen molar-refractivity contribution < 1.29 is 0 Å². The van der Waals surface area contributed by atoms with Crippen molar-refractivity contribution in [2.75, 3.05) is 0 Å². The Morgan fingerprint density at radius 3 is 1.28 bits per heavy atom. The van der Waals surface area contributed by atoms with Gasteiger partial charge in [0.1, 0.15) is 0 Å². The van der Waals surface area contributed by atoms with Crippen LogP contribution in [-0.2, 0) is 0 Å². The van der Waals surface area contributed by atoms with Crippen LogP contribution < -0.4 is 0 Å². The van der Waals surface area contributed by atoms with E-state index in [1.54, 1.807) is 0 Å². The van der Waals surface area contributed by atoms with Gasteiger partial charge in [0.05, 0.1) is 27.8 Å². The molecular weight excluding hydrogens is 827 g/mol. The number of aromatic nitrogens is 5. The third-order valence-corrected chi connectivity index (χ3v) is 13.2. The largest absolute Gasteiger partial charge is 0.307 e. The van der Waals surface area contributed by atoms with Gasteiger partial charge in [-0.2, -0.15) is 9.97 Å². The van der Waals surface area contributed by atoms with Crippen LogP contribution in [0.3, 0.4) is 0 Å². The van der Waals surface area contributed by atoms with Gasteiger partial charge in [0.2, 0.25) is 5.95 Å². The van der Waals surface area contributed by atoms with Crippen LogP contribution in [0, 0.1) is 0 Å². The Labute approximate surface area is 393 Å². The van der Waals surface area contributed by atoms with E-state index in [2.05, 4.69) is 234 Å². The quantitative estimate of drug-likeness (QED) is 0.153. The maximum atomic E-state index is 5.47. The van der Waals surface area contributed by atoms with Gasteiger partial charge in [0.25, 0.3) is 0 Å². The summed E-state index contributed by atoms with van der Waals surface area (Å²) in [5.41, 5.74) is 16.3. The first-order chi connectivity index (χ1) is 33.7. The average Bonchev–Trinajstić information content (AvgIpc) is 3.95. The summed E-state index contributed by atoms with van der Waals surface area (Å²) in [7, 11) is 0. The molecule has 0 atom stereocenters. The van der Waals surface area contributed by atoms with Gasteiger partial charge < -0.3 is 4.57 Å². The van der Waals surface area contributed by atoms with E-state index in [0.717, 1.165) is 82.9 Å². The molecule has 13 rings (SSSR count). The molecule has 318 valence electrons. The second kappa shape index (κ2) is 16.4. The van der Waals surface area contributed by atoms with Crippen LogP contribution >= 0.6 is 0 Å². The van der Waals surface area contributed by atoms with Crippen LogP contribution in [-0.4, -0.2) is 24.1 Å². The molecule has 0 spiro atoms. The van der Waals surface area contributed by atoms with Crippen molar-refractivity contribution in [3.05, 3.63) is 249 Å². The third kappa shape index (κ3) is 6.68. The molecule has 0 N–H and O–H groups in total. The maximum Gasteiger partial charge on any atom is 0.238 e. The molecule has 0 bridgehead atoms. The number of para-hydroxylation sites is 2. The minimum Gasteiger partial charge on any atom is -0.307 e. The summed E-state index contributed by atoms with van der Waals surface area (Å²) in [5, 5.41) is 4.55. The Morgan fingerprint density at radius 1 is 0.250 bits per heavy atom. The average molecular weight is 868 g/mol. The van der Waals surface area contributed by atoms with E-state index in [9.17, 15) is 0 Å². The monoisotopic (exact) mass is 867 g/mol. The van der Waals surface area contributed by atoms with Crippen LogP contribution in [0.15, 0.2) is 249 Å². The maximum absolute atomic E-state index is 5.47. The van der Waals surface area contributed by atoms with E-state index < -0.39 is 0 Å². The zero-order valence-electron chi connectivity index (χ0n) is 36.9. The summed E-state index contributed by atoms with van der Waals surface area (Å²) in [6, 6.07) is 88.2. The second-order valence-electron chi connectivity index (χ2n) is 17.2. The van der Waals surface area contributed by atoms with Gasteiger partial charge in [-0.15, -0.1) is 0 Å². The molecule has 10 aromatic carbocycles. The van der Waals surface area contributed by atoms with E-state index in [1.807, 2.05) is 24.3 Å². The van der Waals surface area contributed by atoms with Crippen LogP contribution in [0.1, 0.15) is 0 Å². The molecule has 0 amide bonds. The number of fused-ring (bicyclic) bond motifs is 7. The Bertz CT molecular complexity index is 3990. The van der Waals surface area contributed by atoms with Gasteiger partial charge in [-0.05, 0) is 69.3 Å². The van der Waals surface area contributed by atoms with Gasteiger partial charge in [-0.25, -0.2) is 4.98 Å². The Balaban J connectivity index is 1.08.